The molecule has 0 saturated heterocycles. The first-order valence-electron chi connectivity index (χ1n) is 17.9. The molecule has 6 rings (SSSR count). The van der Waals surface area contributed by atoms with Crippen molar-refractivity contribution in [3.63, 3.8) is 0 Å². The first-order valence-corrected chi connectivity index (χ1v) is 18.7. The molecule has 2 N–H and O–H groups in total. The summed E-state index contributed by atoms with van der Waals surface area (Å²) in [6.07, 6.45) is 3.13. The molecule has 0 aliphatic carbocycles. The molecule has 1 atom stereocenters. The first-order chi connectivity index (χ1) is 25.2. The summed E-state index contributed by atoms with van der Waals surface area (Å²) in [6.45, 7) is 7.17. The van der Waals surface area contributed by atoms with Crippen molar-refractivity contribution in [2.75, 3.05) is 45.4 Å². The number of hydrogen-bond acceptors (Lipinski definition) is 8. The van der Waals surface area contributed by atoms with E-state index in [-0.39, 0.29) is 25.1 Å². The molecule has 1 aromatic heterocycles. The minimum absolute atomic E-state index is 0.0338. The van der Waals surface area contributed by atoms with E-state index in [1.165, 1.54) is 44.1 Å². The molecule has 5 aromatic rings. The van der Waals surface area contributed by atoms with E-state index in [4.69, 9.17) is 24.4 Å². The zero-order chi connectivity index (χ0) is 36.9. The second-order valence-corrected chi connectivity index (χ2v) is 14.5. The zero-order valence-electron chi connectivity index (χ0n) is 30.6. The van der Waals surface area contributed by atoms with E-state index in [1.54, 1.807) is 18.4 Å². The first kappa shape index (κ1) is 38.8. The average Bonchev–Trinajstić information content (AvgIpc) is 3.80. The van der Waals surface area contributed by atoms with Gasteiger partial charge in [-0.05, 0) is 111 Å². The molecule has 1 aliphatic rings. The van der Waals surface area contributed by atoms with Crippen LogP contribution in [0.1, 0.15) is 41.8 Å². The van der Waals surface area contributed by atoms with E-state index in [1.807, 2.05) is 43.4 Å². The van der Waals surface area contributed by atoms with Gasteiger partial charge in [-0.15, -0.1) is 11.3 Å². The number of halogens is 1. The molecule has 9 heteroatoms. The molecule has 0 fully saturated rings. The maximum atomic E-state index is 13.3. The molecule has 0 amide bonds. The van der Waals surface area contributed by atoms with Crippen molar-refractivity contribution in [3.05, 3.63) is 131 Å². The highest BCUT2D eigenvalue weighted by Gasteiger charge is 2.23. The lowest BCUT2D eigenvalue weighted by Gasteiger charge is -2.28. The number of hydrogen-bond donors (Lipinski definition) is 2. The molecule has 1 aliphatic heterocycles. The second kappa shape index (κ2) is 19.4. The topological polar surface area (TPSA) is 74.6 Å². The fourth-order valence-electron chi connectivity index (χ4n) is 6.14. The number of nitrogens with zero attached hydrogens (tertiary/aromatic N) is 2. The van der Waals surface area contributed by atoms with Gasteiger partial charge in [-0.2, -0.15) is 0 Å². The summed E-state index contributed by atoms with van der Waals surface area (Å²) < 4.78 is 29.9. The predicted octanol–water partition coefficient (Wildman–Crippen LogP) is 8.40. The van der Waals surface area contributed by atoms with Crippen LogP contribution in [0, 0.1) is 5.82 Å². The minimum atomic E-state index is -0.207. The summed E-state index contributed by atoms with van der Waals surface area (Å²) in [7, 11) is 3.68. The van der Waals surface area contributed by atoms with Crippen LogP contribution in [-0.4, -0.2) is 67.8 Å². The fraction of sp³-hybridized carbons (Fsp3) is 0.349. The summed E-state index contributed by atoms with van der Waals surface area (Å²) in [6, 6.07) is 34.1. The highest BCUT2D eigenvalue weighted by Crippen LogP contribution is 2.34. The number of fused-ring (bicyclic) bond motifs is 1. The van der Waals surface area contributed by atoms with Crippen LogP contribution in [0.4, 0.5) is 10.1 Å². The fourth-order valence-corrected chi connectivity index (χ4v) is 7.15. The molecule has 0 radical (unpaired) electrons. The second-order valence-electron chi connectivity index (χ2n) is 13.3. The van der Waals surface area contributed by atoms with Crippen LogP contribution in [0.15, 0.2) is 103 Å². The molecule has 4 aromatic carbocycles. The number of methoxy groups -OCH3 is 1. The molecule has 1 unspecified atom stereocenters. The van der Waals surface area contributed by atoms with Gasteiger partial charge in [-0.3, -0.25) is 4.90 Å². The van der Waals surface area contributed by atoms with Gasteiger partial charge < -0.3 is 29.3 Å². The van der Waals surface area contributed by atoms with Crippen molar-refractivity contribution in [1.29, 1.82) is 0 Å². The quantitative estimate of drug-likeness (QED) is 0.106. The van der Waals surface area contributed by atoms with Crippen molar-refractivity contribution in [1.82, 2.24) is 4.90 Å². The van der Waals surface area contributed by atoms with E-state index < -0.39 is 0 Å². The molecular weight excluding hydrogens is 676 g/mol. The molecular formula is C43H51FN2O5S. The van der Waals surface area contributed by atoms with Crippen LogP contribution in [0.2, 0.25) is 0 Å². The summed E-state index contributed by atoms with van der Waals surface area (Å²) in [5.41, 5.74) is 6.01. The lowest BCUT2D eigenvalue weighted by molar-refractivity contribution is 0.201. The van der Waals surface area contributed by atoms with Crippen molar-refractivity contribution < 1.29 is 28.8 Å². The molecule has 0 bridgehead atoms. The number of anilines is 1. The largest absolute Gasteiger partial charge is 0.497 e. The van der Waals surface area contributed by atoms with E-state index in [2.05, 4.69) is 78.2 Å². The number of ether oxygens (including phenoxy) is 3. The third-order valence-electron chi connectivity index (χ3n) is 9.00. The van der Waals surface area contributed by atoms with E-state index >= 15 is 0 Å². The molecule has 0 saturated carbocycles. The Labute approximate surface area is 311 Å². The Bertz CT molecular complexity index is 1790. The number of rotatable bonds is 16. The van der Waals surface area contributed by atoms with Crippen LogP contribution in [0.5, 0.6) is 17.2 Å². The SMILES string of the molecule is CC(C)N(Cc1ccc(-c2ccc(CN(C)CCO)cc2)s1)c1ccc(F)cc1.COc1ccc2c(c1)OC(CCc1ccc(OCCO)cc1)C2. The Morgan fingerprint density at radius 2 is 1.56 bits per heavy atom. The van der Waals surface area contributed by atoms with Gasteiger partial charge in [0.15, 0.2) is 0 Å². The summed E-state index contributed by atoms with van der Waals surface area (Å²) in [5, 5.41) is 17.8. The predicted molar refractivity (Wildman–Crippen MR) is 209 cm³/mol. The Morgan fingerprint density at radius 1 is 0.846 bits per heavy atom. The van der Waals surface area contributed by atoms with E-state index in [0.717, 1.165) is 55.3 Å². The van der Waals surface area contributed by atoms with Crippen molar-refractivity contribution >= 4 is 17.0 Å². The van der Waals surface area contributed by atoms with Gasteiger partial charge in [0.25, 0.3) is 0 Å². The van der Waals surface area contributed by atoms with Gasteiger partial charge in [0.1, 0.15) is 35.8 Å². The summed E-state index contributed by atoms with van der Waals surface area (Å²) >= 11 is 1.80. The smallest absolute Gasteiger partial charge is 0.126 e. The normalized spacial score (nSPS) is 13.4. The Morgan fingerprint density at radius 3 is 2.23 bits per heavy atom. The van der Waals surface area contributed by atoms with Gasteiger partial charge in [-0.1, -0.05) is 42.5 Å². The Balaban J connectivity index is 0.000000206. The minimum Gasteiger partial charge on any atom is -0.497 e. The molecule has 276 valence electrons. The highest BCUT2D eigenvalue weighted by atomic mass is 32.1. The van der Waals surface area contributed by atoms with Crippen molar-refractivity contribution in [2.24, 2.45) is 0 Å². The number of likely N-dealkylation sites (N-methyl/N-ethyl adjacent to an activating group) is 1. The van der Waals surface area contributed by atoms with Crippen molar-refractivity contribution in [2.45, 2.75) is 58.3 Å². The number of benzene rings is 4. The molecule has 0 spiro atoms. The number of aryl methyl sites for hydroxylation is 1. The molecule has 52 heavy (non-hydrogen) atoms. The highest BCUT2D eigenvalue weighted by molar-refractivity contribution is 7.15. The summed E-state index contributed by atoms with van der Waals surface area (Å²) in [4.78, 5) is 6.92. The zero-order valence-corrected chi connectivity index (χ0v) is 31.4. The van der Waals surface area contributed by atoms with Gasteiger partial charge in [-0.25, -0.2) is 4.39 Å². The van der Waals surface area contributed by atoms with Crippen LogP contribution in [0.25, 0.3) is 10.4 Å². The standard InChI is InChI=1S/C24H29FN2OS.C19H22O4/c1-18(2)27(22-10-8-21(25)9-11-22)17-23-12-13-24(29-23)20-6-4-19(5-7-20)16-26(3)14-15-28;1-21-17-9-5-15-12-18(23-19(15)13-17)8-4-14-2-6-16(7-3-14)22-11-10-20/h4-13,18,28H,14-17H2,1-3H3;2-3,5-7,9,13,18,20H,4,8,10-12H2,1H3. The average molecular weight is 727 g/mol. The third kappa shape index (κ3) is 11.3. The van der Waals surface area contributed by atoms with E-state index in [9.17, 15) is 4.39 Å². The Hall–Kier alpha value is -4.41. The lowest BCUT2D eigenvalue weighted by atomic mass is 10.0. The molecule has 2 heterocycles. The summed E-state index contributed by atoms with van der Waals surface area (Å²) in [5.74, 6) is 2.37. The Kier molecular flexibility index (Phi) is 14.5. The maximum absolute atomic E-state index is 13.3. The van der Waals surface area contributed by atoms with Gasteiger partial charge >= 0.3 is 0 Å². The number of aliphatic hydroxyl groups is 2. The van der Waals surface area contributed by atoms with Gasteiger partial charge in [0.05, 0.1) is 26.9 Å². The van der Waals surface area contributed by atoms with Crippen LogP contribution >= 0.6 is 11.3 Å². The van der Waals surface area contributed by atoms with Crippen molar-refractivity contribution in [3.8, 4) is 27.7 Å². The van der Waals surface area contributed by atoms with Gasteiger partial charge in [0, 0.05) is 47.1 Å². The van der Waals surface area contributed by atoms with Crippen LogP contribution < -0.4 is 19.1 Å². The number of thiophene rings is 1. The lowest BCUT2D eigenvalue weighted by Crippen LogP contribution is -2.29. The van der Waals surface area contributed by atoms with E-state index in [0.29, 0.717) is 19.2 Å². The van der Waals surface area contributed by atoms with Crippen LogP contribution in [0.3, 0.4) is 0 Å². The maximum Gasteiger partial charge on any atom is 0.126 e. The van der Waals surface area contributed by atoms with Crippen LogP contribution in [-0.2, 0) is 25.9 Å². The third-order valence-corrected chi connectivity index (χ3v) is 10.1. The monoisotopic (exact) mass is 726 g/mol. The number of aliphatic hydroxyl groups excluding tert-OH is 2. The van der Waals surface area contributed by atoms with Gasteiger partial charge in [0.2, 0.25) is 0 Å². The molecule has 7 nitrogen and oxygen atoms in total.